The van der Waals surface area contributed by atoms with Gasteiger partial charge in [-0.05, 0) is 12.5 Å². The maximum atomic E-state index is 12.4. The quantitative estimate of drug-likeness (QED) is 0.236. The highest BCUT2D eigenvalue weighted by Gasteiger charge is 2.37. The van der Waals surface area contributed by atoms with Crippen molar-refractivity contribution in [2.45, 2.75) is 44.8 Å². The number of hydrogen-bond donors (Lipinski definition) is 1. The molecule has 174 valence electrons. The number of benzene rings is 1. The molecular formula is C21H25N7O5. The van der Waals surface area contributed by atoms with Crippen molar-refractivity contribution in [1.82, 2.24) is 24.4 Å². The van der Waals surface area contributed by atoms with Crippen molar-refractivity contribution >= 4 is 29.1 Å². The van der Waals surface area contributed by atoms with Gasteiger partial charge in [0.25, 0.3) is 11.2 Å². The lowest BCUT2D eigenvalue weighted by molar-refractivity contribution is -0.386. The number of fused-ring (bicyclic) bond motifs is 1. The molecule has 3 aromatic rings. The number of hydrogen-bond acceptors (Lipinski definition) is 8. The standard InChI is InChI=1S/C21H25N7O5/c1-4-15-16(32-10-13-7-5-6-8-14(13)28(30)31)9-17(33-15)27-12-22-18-19(27)24-21(25-20(18)29)23-11-26(2)3/h5-8,11-12,15-17H,4,9-10H2,1-3H3,(H,24,25,29)/b23-11+. The molecule has 0 aliphatic carbocycles. The van der Waals surface area contributed by atoms with Crippen LogP contribution >= 0.6 is 0 Å². The number of aliphatic imine (C=N–C) groups is 1. The number of nitrogens with one attached hydrogen (secondary N) is 1. The van der Waals surface area contributed by atoms with Gasteiger partial charge in [-0.15, -0.1) is 0 Å². The van der Waals surface area contributed by atoms with Crippen LogP contribution in [0.5, 0.6) is 0 Å². The van der Waals surface area contributed by atoms with E-state index in [-0.39, 0.29) is 41.5 Å². The molecule has 0 amide bonds. The van der Waals surface area contributed by atoms with Gasteiger partial charge in [0.15, 0.2) is 11.2 Å². The summed E-state index contributed by atoms with van der Waals surface area (Å²) in [4.78, 5) is 40.4. The van der Waals surface area contributed by atoms with E-state index in [1.807, 2.05) is 21.0 Å². The summed E-state index contributed by atoms with van der Waals surface area (Å²) in [5.74, 6) is 0.164. The smallest absolute Gasteiger partial charge is 0.280 e. The Balaban J connectivity index is 1.56. The average Bonchev–Trinajstić information content (AvgIpc) is 3.40. The van der Waals surface area contributed by atoms with Crippen molar-refractivity contribution in [2.75, 3.05) is 14.1 Å². The van der Waals surface area contributed by atoms with Crippen molar-refractivity contribution in [3.63, 3.8) is 0 Å². The molecule has 1 fully saturated rings. The molecule has 4 rings (SSSR count). The van der Waals surface area contributed by atoms with E-state index in [2.05, 4.69) is 19.9 Å². The second-order valence-corrected chi connectivity index (χ2v) is 7.93. The zero-order valence-corrected chi connectivity index (χ0v) is 18.5. The Hall–Kier alpha value is -3.64. The number of nitro groups is 1. The normalized spacial score (nSPS) is 20.6. The fourth-order valence-electron chi connectivity index (χ4n) is 3.77. The van der Waals surface area contributed by atoms with Gasteiger partial charge < -0.3 is 14.4 Å². The summed E-state index contributed by atoms with van der Waals surface area (Å²) in [5.41, 5.74) is 0.698. The number of nitrogens with zero attached hydrogens (tertiary/aromatic N) is 6. The zero-order chi connectivity index (χ0) is 23.5. The monoisotopic (exact) mass is 455 g/mol. The Bertz CT molecular complexity index is 1240. The third-order valence-corrected chi connectivity index (χ3v) is 5.37. The van der Waals surface area contributed by atoms with Crippen LogP contribution in [-0.2, 0) is 16.1 Å². The van der Waals surface area contributed by atoms with Gasteiger partial charge in [-0.25, -0.2) is 9.98 Å². The minimum absolute atomic E-state index is 0.0239. The van der Waals surface area contributed by atoms with Crippen molar-refractivity contribution in [3.05, 3.63) is 56.6 Å². The summed E-state index contributed by atoms with van der Waals surface area (Å²) in [5, 5.41) is 11.3. The van der Waals surface area contributed by atoms with E-state index in [9.17, 15) is 14.9 Å². The van der Waals surface area contributed by atoms with Crippen LogP contribution in [0, 0.1) is 10.1 Å². The van der Waals surface area contributed by atoms with Crippen molar-refractivity contribution in [1.29, 1.82) is 0 Å². The SMILES string of the molecule is CCC1OC(n2cnc3c(=O)[nH]c(/N=C/N(C)C)nc32)CC1OCc1ccccc1[N+](=O)[O-]. The summed E-state index contributed by atoms with van der Waals surface area (Å²) in [6.45, 7) is 2.08. The predicted octanol–water partition coefficient (Wildman–Crippen LogP) is 2.53. The molecule has 0 radical (unpaired) electrons. The van der Waals surface area contributed by atoms with E-state index >= 15 is 0 Å². The fraction of sp³-hybridized carbons (Fsp3) is 0.429. The van der Waals surface area contributed by atoms with Crippen LogP contribution in [0.3, 0.4) is 0 Å². The highest BCUT2D eigenvalue weighted by Crippen LogP contribution is 2.34. The molecule has 3 atom stereocenters. The Morgan fingerprint density at radius 3 is 2.94 bits per heavy atom. The molecule has 1 N–H and O–H groups in total. The number of nitro benzene ring substituents is 1. The van der Waals surface area contributed by atoms with Gasteiger partial charge in [0.1, 0.15) is 6.23 Å². The number of H-pyrrole nitrogens is 1. The van der Waals surface area contributed by atoms with Gasteiger partial charge in [0.2, 0.25) is 5.95 Å². The lowest BCUT2D eigenvalue weighted by Gasteiger charge is -2.17. The molecule has 1 aliphatic heterocycles. The summed E-state index contributed by atoms with van der Waals surface area (Å²) in [6.07, 6.45) is 3.28. The molecule has 3 unspecified atom stereocenters. The van der Waals surface area contributed by atoms with Gasteiger partial charge in [0.05, 0.1) is 42.0 Å². The second kappa shape index (κ2) is 9.46. The Morgan fingerprint density at radius 2 is 2.21 bits per heavy atom. The molecule has 33 heavy (non-hydrogen) atoms. The number of para-hydroxylation sites is 1. The highest BCUT2D eigenvalue weighted by molar-refractivity contribution is 5.71. The molecule has 1 aromatic carbocycles. The van der Waals surface area contributed by atoms with E-state index in [4.69, 9.17) is 9.47 Å². The van der Waals surface area contributed by atoms with E-state index in [1.54, 1.807) is 27.7 Å². The first-order valence-corrected chi connectivity index (χ1v) is 10.5. The largest absolute Gasteiger partial charge is 0.370 e. The number of aromatic amines is 1. The molecule has 0 bridgehead atoms. The van der Waals surface area contributed by atoms with Gasteiger partial charge in [-0.3, -0.25) is 24.5 Å². The van der Waals surface area contributed by atoms with Crippen LogP contribution in [0.4, 0.5) is 11.6 Å². The topological polar surface area (TPSA) is 141 Å². The molecule has 2 aromatic heterocycles. The van der Waals surface area contributed by atoms with E-state index in [0.717, 1.165) is 0 Å². The summed E-state index contributed by atoms with van der Waals surface area (Å²) < 4.78 is 13.9. The maximum Gasteiger partial charge on any atom is 0.280 e. The van der Waals surface area contributed by atoms with Crippen molar-refractivity contribution in [2.24, 2.45) is 4.99 Å². The first-order chi connectivity index (χ1) is 15.9. The lowest BCUT2D eigenvalue weighted by atomic mass is 10.1. The Kier molecular flexibility index (Phi) is 6.47. The first-order valence-electron chi connectivity index (χ1n) is 10.5. The van der Waals surface area contributed by atoms with Crippen LogP contribution in [0.25, 0.3) is 11.2 Å². The minimum atomic E-state index is -0.448. The average molecular weight is 455 g/mol. The molecule has 0 saturated carbocycles. The molecule has 1 saturated heterocycles. The number of ether oxygens (including phenoxy) is 2. The Morgan fingerprint density at radius 1 is 1.42 bits per heavy atom. The maximum absolute atomic E-state index is 12.4. The number of aromatic nitrogens is 4. The van der Waals surface area contributed by atoms with E-state index < -0.39 is 11.2 Å². The van der Waals surface area contributed by atoms with Crippen LogP contribution in [-0.4, -0.2) is 62.0 Å². The van der Waals surface area contributed by atoms with Gasteiger partial charge in [-0.1, -0.05) is 19.1 Å². The van der Waals surface area contributed by atoms with Crippen LogP contribution in [0.15, 0.2) is 40.4 Å². The molecule has 1 aliphatic rings. The van der Waals surface area contributed by atoms with Gasteiger partial charge in [0, 0.05) is 26.6 Å². The summed E-state index contributed by atoms with van der Waals surface area (Å²) in [7, 11) is 3.62. The van der Waals surface area contributed by atoms with Gasteiger partial charge in [-0.2, -0.15) is 4.98 Å². The Labute approximate surface area is 189 Å². The van der Waals surface area contributed by atoms with Crippen LogP contribution in [0.1, 0.15) is 31.6 Å². The minimum Gasteiger partial charge on any atom is -0.370 e. The number of rotatable bonds is 8. The molecule has 0 spiro atoms. The molecule has 3 heterocycles. The third kappa shape index (κ3) is 4.76. The fourth-order valence-corrected chi connectivity index (χ4v) is 3.77. The molecular weight excluding hydrogens is 430 g/mol. The lowest BCUT2D eigenvalue weighted by Crippen LogP contribution is -2.23. The molecule has 12 heteroatoms. The van der Waals surface area contributed by atoms with Crippen molar-refractivity contribution < 1.29 is 14.4 Å². The summed E-state index contributed by atoms with van der Waals surface area (Å²) >= 11 is 0. The highest BCUT2D eigenvalue weighted by atomic mass is 16.6. The molecule has 12 nitrogen and oxygen atoms in total. The van der Waals surface area contributed by atoms with Crippen LogP contribution < -0.4 is 5.56 Å². The predicted molar refractivity (Wildman–Crippen MR) is 120 cm³/mol. The van der Waals surface area contributed by atoms with Crippen molar-refractivity contribution in [3.8, 4) is 0 Å². The van der Waals surface area contributed by atoms with Crippen LogP contribution in [0.2, 0.25) is 0 Å². The van der Waals surface area contributed by atoms with E-state index in [0.29, 0.717) is 24.1 Å². The van der Waals surface area contributed by atoms with Gasteiger partial charge >= 0.3 is 0 Å². The summed E-state index contributed by atoms with van der Waals surface area (Å²) in [6, 6.07) is 6.51. The second-order valence-electron chi connectivity index (χ2n) is 7.93. The first kappa shape index (κ1) is 22.6. The van der Waals surface area contributed by atoms with E-state index in [1.165, 1.54) is 18.7 Å². The third-order valence-electron chi connectivity index (χ3n) is 5.37. The zero-order valence-electron chi connectivity index (χ0n) is 18.5. The number of imidazole rings is 1.